The van der Waals surface area contributed by atoms with Gasteiger partial charge in [-0.25, -0.2) is 4.98 Å². The fourth-order valence-electron chi connectivity index (χ4n) is 3.21. The van der Waals surface area contributed by atoms with Gasteiger partial charge in [0.15, 0.2) is 0 Å². The molecule has 3 heterocycles. The Hall–Kier alpha value is -1.69. The summed E-state index contributed by atoms with van der Waals surface area (Å²) in [5.41, 5.74) is 0.956. The molecule has 1 aromatic heterocycles. The lowest BCUT2D eigenvalue weighted by Crippen LogP contribution is -2.40. The summed E-state index contributed by atoms with van der Waals surface area (Å²) in [7, 11) is 0. The Morgan fingerprint density at radius 2 is 2.26 bits per heavy atom. The highest BCUT2D eigenvalue weighted by atomic mass is 16.6. The highest BCUT2D eigenvalue weighted by Gasteiger charge is 2.33. The van der Waals surface area contributed by atoms with Crippen LogP contribution in [0.15, 0.2) is 12.3 Å². The van der Waals surface area contributed by atoms with E-state index in [1.807, 2.05) is 6.92 Å². The van der Waals surface area contributed by atoms with Crippen molar-refractivity contribution in [2.24, 2.45) is 11.8 Å². The molecule has 0 bridgehead atoms. The lowest BCUT2D eigenvalue weighted by molar-refractivity contribution is -0.385. The Bertz CT molecular complexity index is 505. The molecule has 2 atom stereocenters. The largest absolute Gasteiger partial charge is 0.356 e. The van der Waals surface area contributed by atoms with Crippen molar-refractivity contribution in [1.29, 1.82) is 0 Å². The third kappa shape index (κ3) is 2.28. The number of fused-ring (bicyclic) bond motifs is 1. The molecule has 2 aliphatic rings. The molecule has 2 fully saturated rings. The smallest absolute Gasteiger partial charge is 0.287 e. The van der Waals surface area contributed by atoms with Crippen LogP contribution in [0.5, 0.6) is 0 Å². The standard InChI is InChI=1S/C13H18N4O2/c1-9-4-12(17(18)19)7-15-13(9)16-3-2-10-5-14-6-11(10)8-16/h4,7,10-11,14H,2-3,5-6,8H2,1H3. The Labute approximate surface area is 112 Å². The van der Waals surface area contributed by atoms with Crippen molar-refractivity contribution in [2.75, 3.05) is 31.1 Å². The van der Waals surface area contributed by atoms with Crippen molar-refractivity contribution in [3.8, 4) is 0 Å². The van der Waals surface area contributed by atoms with E-state index in [4.69, 9.17) is 0 Å². The van der Waals surface area contributed by atoms with Gasteiger partial charge in [-0.05, 0) is 43.8 Å². The van der Waals surface area contributed by atoms with E-state index < -0.39 is 4.92 Å². The zero-order chi connectivity index (χ0) is 13.4. The topological polar surface area (TPSA) is 71.3 Å². The van der Waals surface area contributed by atoms with Crippen molar-refractivity contribution in [3.63, 3.8) is 0 Å². The van der Waals surface area contributed by atoms with Gasteiger partial charge < -0.3 is 10.2 Å². The monoisotopic (exact) mass is 262 g/mol. The first-order valence-electron chi connectivity index (χ1n) is 6.72. The van der Waals surface area contributed by atoms with Gasteiger partial charge in [-0.2, -0.15) is 0 Å². The van der Waals surface area contributed by atoms with Crippen LogP contribution in [0.25, 0.3) is 0 Å². The molecule has 0 spiro atoms. The van der Waals surface area contributed by atoms with E-state index in [1.165, 1.54) is 12.6 Å². The summed E-state index contributed by atoms with van der Waals surface area (Å²) in [6.07, 6.45) is 2.54. The molecule has 3 rings (SSSR count). The van der Waals surface area contributed by atoms with Gasteiger partial charge in [0.25, 0.3) is 5.69 Å². The molecule has 2 saturated heterocycles. The molecule has 0 radical (unpaired) electrons. The summed E-state index contributed by atoms with van der Waals surface area (Å²) in [6.45, 7) is 6.10. The minimum Gasteiger partial charge on any atom is -0.356 e. The molecule has 1 aromatic rings. The average Bonchev–Trinajstić information content (AvgIpc) is 2.85. The maximum atomic E-state index is 10.7. The van der Waals surface area contributed by atoms with E-state index in [0.717, 1.165) is 43.5 Å². The number of hydrogen-bond donors (Lipinski definition) is 1. The van der Waals surface area contributed by atoms with Gasteiger partial charge in [0.05, 0.1) is 4.92 Å². The molecule has 2 aliphatic heterocycles. The lowest BCUT2D eigenvalue weighted by atomic mass is 9.88. The van der Waals surface area contributed by atoms with Crippen LogP contribution >= 0.6 is 0 Å². The van der Waals surface area contributed by atoms with Crippen molar-refractivity contribution in [1.82, 2.24) is 10.3 Å². The summed E-state index contributed by atoms with van der Waals surface area (Å²) in [5.74, 6) is 2.37. The number of aromatic nitrogens is 1. The molecule has 0 amide bonds. The Kier molecular flexibility index (Phi) is 3.10. The Morgan fingerprint density at radius 3 is 3.00 bits per heavy atom. The second-order valence-electron chi connectivity index (χ2n) is 5.50. The molecular formula is C13H18N4O2. The van der Waals surface area contributed by atoms with Crippen LogP contribution in [-0.2, 0) is 0 Å². The van der Waals surface area contributed by atoms with Crippen LogP contribution in [0.4, 0.5) is 11.5 Å². The first-order chi connectivity index (χ1) is 9.15. The number of anilines is 1. The molecule has 102 valence electrons. The summed E-state index contributed by atoms with van der Waals surface area (Å²) in [5, 5.41) is 14.2. The fourth-order valence-corrected chi connectivity index (χ4v) is 3.21. The number of nitrogens with zero attached hydrogens (tertiary/aromatic N) is 3. The molecular weight excluding hydrogens is 244 g/mol. The number of piperidine rings is 1. The van der Waals surface area contributed by atoms with Crippen molar-refractivity contribution < 1.29 is 4.92 Å². The zero-order valence-corrected chi connectivity index (χ0v) is 11.0. The molecule has 0 aromatic carbocycles. The molecule has 19 heavy (non-hydrogen) atoms. The van der Waals surface area contributed by atoms with Crippen LogP contribution in [0, 0.1) is 28.9 Å². The zero-order valence-electron chi connectivity index (χ0n) is 11.0. The van der Waals surface area contributed by atoms with Gasteiger partial charge in [-0.1, -0.05) is 0 Å². The average molecular weight is 262 g/mol. The van der Waals surface area contributed by atoms with Crippen LogP contribution in [0.1, 0.15) is 12.0 Å². The number of hydrogen-bond acceptors (Lipinski definition) is 5. The minimum atomic E-state index is -0.392. The highest BCUT2D eigenvalue weighted by Crippen LogP contribution is 2.31. The van der Waals surface area contributed by atoms with Gasteiger partial charge in [0.2, 0.25) is 0 Å². The number of rotatable bonds is 2. The van der Waals surface area contributed by atoms with Crippen molar-refractivity contribution in [3.05, 3.63) is 27.9 Å². The fraction of sp³-hybridized carbons (Fsp3) is 0.615. The van der Waals surface area contributed by atoms with Crippen LogP contribution in [0.3, 0.4) is 0 Å². The van der Waals surface area contributed by atoms with E-state index in [9.17, 15) is 10.1 Å². The van der Waals surface area contributed by atoms with E-state index in [-0.39, 0.29) is 5.69 Å². The van der Waals surface area contributed by atoms with Gasteiger partial charge in [0, 0.05) is 19.2 Å². The van der Waals surface area contributed by atoms with E-state index in [1.54, 1.807) is 6.07 Å². The predicted octanol–water partition coefficient (Wildman–Crippen LogP) is 1.34. The van der Waals surface area contributed by atoms with E-state index in [0.29, 0.717) is 5.92 Å². The van der Waals surface area contributed by atoms with Gasteiger partial charge in [-0.15, -0.1) is 0 Å². The first-order valence-corrected chi connectivity index (χ1v) is 6.72. The number of pyridine rings is 1. The van der Waals surface area contributed by atoms with Crippen molar-refractivity contribution >= 4 is 11.5 Å². The predicted molar refractivity (Wildman–Crippen MR) is 72.3 cm³/mol. The summed E-state index contributed by atoms with van der Waals surface area (Å²) in [6, 6.07) is 1.61. The summed E-state index contributed by atoms with van der Waals surface area (Å²) >= 11 is 0. The van der Waals surface area contributed by atoms with Gasteiger partial charge >= 0.3 is 0 Å². The SMILES string of the molecule is Cc1cc([N+](=O)[O-])cnc1N1CCC2CNCC2C1. The van der Waals surface area contributed by atoms with E-state index >= 15 is 0 Å². The summed E-state index contributed by atoms with van der Waals surface area (Å²) in [4.78, 5) is 16.9. The molecule has 2 unspecified atom stereocenters. The van der Waals surface area contributed by atoms with Crippen LogP contribution in [0.2, 0.25) is 0 Å². The Balaban J connectivity index is 1.80. The lowest BCUT2D eigenvalue weighted by Gasteiger charge is -2.35. The molecule has 6 nitrogen and oxygen atoms in total. The second-order valence-corrected chi connectivity index (χ2v) is 5.50. The molecule has 6 heteroatoms. The van der Waals surface area contributed by atoms with Crippen molar-refractivity contribution in [2.45, 2.75) is 13.3 Å². The van der Waals surface area contributed by atoms with Gasteiger partial charge in [-0.3, -0.25) is 10.1 Å². The first kappa shape index (κ1) is 12.3. The Morgan fingerprint density at radius 1 is 1.47 bits per heavy atom. The highest BCUT2D eigenvalue weighted by molar-refractivity contribution is 5.50. The van der Waals surface area contributed by atoms with Crippen LogP contribution in [-0.4, -0.2) is 36.1 Å². The number of nitrogens with one attached hydrogen (secondary N) is 1. The third-order valence-corrected chi connectivity index (χ3v) is 4.25. The van der Waals surface area contributed by atoms with Gasteiger partial charge in [0.1, 0.15) is 12.0 Å². The quantitative estimate of drug-likeness (QED) is 0.643. The normalized spacial score (nSPS) is 26.3. The van der Waals surface area contributed by atoms with E-state index in [2.05, 4.69) is 15.2 Å². The molecule has 0 aliphatic carbocycles. The number of nitro groups is 1. The minimum absolute atomic E-state index is 0.0682. The molecule has 1 N–H and O–H groups in total. The van der Waals surface area contributed by atoms with Crippen LogP contribution < -0.4 is 10.2 Å². The number of aryl methyl sites for hydroxylation is 1. The second kappa shape index (κ2) is 4.77. The maximum Gasteiger partial charge on any atom is 0.287 e. The third-order valence-electron chi connectivity index (χ3n) is 4.25. The molecule has 0 saturated carbocycles. The maximum absolute atomic E-state index is 10.7. The summed E-state index contributed by atoms with van der Waals surface area (Å²) < 4.78 is 0.